The predicted molar refractivity (Wildman–Crippen MR) is 114 cm³/mol. The number of fused-ring (bicyclic) bond motifs is 1. The number of furan rings is 1. The van der Waals surface area contributed by atoms with Crippen LogP contribution in [0.2, 0.25) is 0 Å². The highest BCUT2D eigenvalue weighted by Crippen LogP contribution is 2.27. The minimum Gasteiger partial charge on any atom is -0.475 e. The monoisotopic (exact) mass is 530 g/mol. The minimum absolute atomic E-state index is 0.335. The predicted octanol–water partition coefficient (Wildman–Crippen LogP) is 4.16. The standard InChI is InChI=1S/C17H26N4O.2C2HF3O2/c1-13(2)19(4)11-16-9-18-17-14(3)20(6-7-21(16)17)10-15-5-8-22-12-15;2*3-2(4,5)1(6)7/h5,8-9,12-14H,6-7,10-11H2,1-4H3;2*(H,6,7). The third-order valence-electron chi connectivity index (χ3n) is 5.25. The van der Waals surface area contributed by atoms with Crippen LogP contribution in [0, 0.1) is 0 Å². The molecule has 204 valence electrons. The van der Waals surface area contributed by atoms with Gasteiger partial charge in [0.1, 0.15) is 5.82 Å². The molecule has 1 aliphatic heterocycles. The molecule has 3 rings (SSSR count). The van der Waals surface area contributed by atoms with Crippen LogP contribution in [0.4, 0.5) is 26.3 Å². The quantitative estimate of drug-likeness (QED) is 0.555. The summed E-state index contributed by atoms with van der Waals surface area (Å²) in [7, 11) is 2.17. The Kier molecular flexibility index (Phi) is 11.0. The van der Waals surface area contributed by atoms with E-state index in [4.69, 9.17) is 29.2 Å². The molecule has 2 N–H and O–H groups in total. The number of halogens is 6. The molecule has 36 heavy (non-hydrogen) atoms. The van der Waals surface area contributed by atoms with Gasteiger partial charge in [0.05, 0.1) is 24.3 Å². The van der Waals surface area contributed by atoms with Crippen LogP contribution >= 0.6 is 0 Å². The second-order valence-corrected chi connectivity index (χ2v) is 8.15. The average Bonchev–Trinajstić information content (AvgIpc) is 3.40. The van der Waals surface area contributed by atoms with Crippen LogP contribution in [0.1, 0.15) is 43.9 Å². The Morgan fingerprint density at radius 2 is 1.67 bits per heavy atom. The minimum atomic E-state index is -5.08. The first-order valence-electron chi connectivity index (χ1n) is 10.5. The number of rotatable bonds is 5. The number of carboxylic acids is 2. The fraction of sp³-hybridized carbons (Fsp3) is 0.571. The molecule has 0 fully saturated rings. The van der Waals surface area contributed by atoms with Crippen LogP contribution in [0.5, 0.6) is 0 Å². The number of hydrogen-bond acceptors (Lipinski definition) is 6. The van der Waals surface area contributed by atoms with Crippen molar-refractivity contribution in [3.05, 3.63) is 41.9 Å². The first-order chi connectivity index (χ1) is 16.4. The number of carbonyl (C=O) groups is 2. The van der Waals surface area contributed by atoms with Crippen LogP contribution in [-0.4, -0.2) is 73.5 Å². The van der Waals surface area contributed by atoms with E-state index in [0.29, 0.717) is 12.1 Å². The number of aliphatic carboxylic acids is 2. The van der Waals surface area contributed by atoms with Gasteiger partial charge in [-0.25, -0.2) is 14.6 Å². The number of nitrogens with zero attached hydrogens (tertiary/aromatic N) is 4. The number of imidazole rings is 1. The molecule has 9 nitrogen and oxygen atoms in total. The van der Waals surface area contributed by atoms with Gasteiger partial charge in [-0.3, -0.25) is 9.80 Å². The molecular formula is C21H28F6N4O5. The molecule has 0 saturated carbocycles. The van der Waals surface area contributed by atoms with Crippen molar-refractivity contribution in [2.45, 2.75) is 64.8 Å². The second-order valence-electron chi connectivity index (χ2n) is 8.15. The Balaban J connectivity index is 0.000000383. The van der Waals surface area contributed by atoms with E-state index in [2.05, 4.69) is 42.2 Å². The Bertz CT molecular complexity index is 949. The number of aromatic nitrogens is 2. The van der Waals surface area contributed by atoms with E-state index >= 15 is 0 Å². The average molecular weight is 530 g/mol. The lowest BCUT2D eigenvalue weighted by molar-refractivity contribution is -0.193. The number of hydrogen-bond donors (Lipinski definition) is 2. The molecular weight excluding hydrogens is 502 g/mol. The summed E-state index contributed by atoms with van der Waals surface area (Å²) in [4.78, 5) is 27.3. The zero-order valence-corrected chi connectivity index (χ0v) is 20.0. The van der Waals surface area contributed by atoms with Gasteiger partial charge >= 0.3 is 24.3 Å². The molecule has 3 heterocycles. The first kappa shape index (κ1) is 31.0. The van der Waals surface area contributed by atoms with Crippen LogP contribution in [0.25, 0.3) is 0 Å². The van der Waals surface area contributed by atoms with E-state index in [1.165, 1.54) is 17.1 Å². The van der Waals surface area contributed by atoms with Crippen molar-refractivity contribution in [1.82, 2.24) is 19.4 Å². The fourth-order valence-corrected chi connectivity index (χ4v) is 3.00. The molecule has 0 radical (unpaired) electrons. The molecule has 0 spiro atoms. The lowest BCUT2D eigenvalue weighted by Crippen LogP contribution is -2.37. The van der Waals surface area contributed by atoms with Gasteiger partial charge in [0, 0.05) is 44.0 Å². The Morgan fingerprint density at radius 1 is 1.14 bits per heavy atom. The van der Waals surface area contributed by atoms with Crippen molar-refractivity contribution in [2.24, 2.45) is 0 Å². The van der Waals surface area contributed by atoms with E-state index in [-0.39, 0.29) is 0 Å². The van der Waals surface area contributed by atoms with E-state index in [0.717, 1.165) is 26.2 Å². The Hall–Kier alpha value is -3.07. The Labute approximate surface area is 202 Å². The summed E-state index contributed by atoms with van der Waals surface area (Å²) in [5, 5.41) is 14.2. The normalized spacial score (nSPS) is 16.1. The maximum Gasteiger partial charge on any atom is 0.490 e. The molecule has 2 aromatic heterocycles. The van der Waals surface area contributed by atoms with Crippen molar-refractivity contribution in [1.29, 1.82) is 0 Å². The van der Waals surface area contributed by atoms with Gasteiger partial charge in [-0.15, -0.1) is 0 Å². The third kappa shape index (κ3) is 9.53. The van der Waals surface area contributed by atoms with Gasteiger partial charge in [0.25, 0.3) is 0 Å². The summed E-state index contributed by atoms with van der Waals surface area (Å²) in [6.07, 6.45) is -4.55. The van der Waals surface area contributed by atoms with E-state index in [1.54, 1.807) is 6.26 Å². The van der Waals surface area contributed by atoms with Gasteiger partial charge in [0.2, 0.25) is 0 Å². The van der Waals surface area contributed by atoms with Gasteiger partial charge < -0.3 is 19.2 Å². The maximum atomic E-state index is 10.6. The zero-order chi connectivity index (χ0) is 27.8. The molecule has 0 aromatic carbocycles. The third-order valence-corrected chi connectivity index (χ3v) is 5.25. The van der Waals surface area contributed by atoms with Crippen molar-refractivity contribution >= 4 is 11.9 Å². The Morgan fingerprint density at radius 3 is 2.08 bits per heavy atom. The summed E-state index contributed by atoms with van der Waals surface area (Å²) in [5.74, 6) is -4.33. The SMILES string of the molecule is CC(C)N(C)Cc1cnc2n1CCN(Cc1ccoc1)C2C.O=C(O)C(F)(F)F.O=C(O)C(F)(F)F. The van der Waals surface area contributed by atoms with E-state index in [9.17, 15) is 26.3 Å². The van der Waals surface area contributed by atoms with Gasteiger partial charge in [-0.2, -0.15) is 26.3 Å². The number of carboxylic acid groups (broad SMARTS) is 2. The lowest BCUT2D eigenvalue weighted by atomic mass is 10.2. The molecule has 15 heteroatoms. The second kappa shape index (κ2) is 12.8. The van der Waals surface area contributed by atoms with Crippen molar-refractivity contribution < 1.29 is 50.6 Å². The lowest BCUT2D eigenvalue weighted by Gasteiger charge is -2.34. The topological polar surface area (TPSA) is 112 Å². The summed E-state index contributed by atoms with van der Waals surface area (Å²) in [6, 6.07) is 2.92. The molecule has 2 aromatic rings. The van der Waals surface area contributed by atoms with E-state index < -0.39 is 24.3 Å². The van der Waals surface area contributed by atoms with Crippen LogP contribution in [0.15, 0.2) is 29.2 Å². The van der Waals surface area contributed by atoms with Crippen LogP contribution in [0.3, 0.4) is 0 Å². The van der Waals surface area contributed by atoms with Crippen LogP contribution in [-0.2, 0) is 29.2 Å². The van der Waals surface area contributed by atoms with Crippen molar-refractivity contribution in [3.63, 3.8) is 0 Å². The first-order valence-corrected chi connectivity index (χ1v) is 10.5. The molecule has 0 bridgehead atoms. The summed E-state index contributed by atoms with van der Waals surface area (Å²) in [6.45, 7) is 10.6. The molecule has 0 saturated heterocycles. The molecule has 1 atom stereocenters. The summed E-state index contributed by atoms with van der Waals surface area (Å²) >= 11 is 0. The highest BCUT2D eigenvalue weighted by atomic mass is 19.4. The maximum absolute atomic E-state index is 10.6. The summed E-state index contributed by atoms with van der Waals surface area (Å²) < 4.78 is 71.0. The summed E-state index contributed by atoms with van der Waals surface area (Å²) in [5.41, 5.74) is 2.55. The van der Waals surface area contributed by atoms with Crippen LogP contribution < -0.4 is 0 Å². The van der Waals surface area contributed by atoms with E-state index in [1.807, 2.05) is 18.5 Å². The smallest absolute Gasteiger partial charge is 0.475 e. The van der Waals surface area contributed by atoms with Gasteiger partial charge in [-0.1, -0.05) is 0 Å². The molecule has 1 aliphatic rings. The fourth-order valence-electron chi connectivity index (χ4n) is 3.00. The molecule has 0 aliphatic carbocycles. The highest BCUT2D eigenvalue weighted by molar-refractivity contribution is 5.73. The highest BCUT2D eigenvalue weighted by Gasteiger charge is 2.38. The zero-order valence-electron chi connectivity index (χ0n) is 20.0. The molecule has 1 unspecified atom stereocenters. The van der Waals surface area contributed by atoms with Crippen molar-refractivity contribution in [2.75, 3.05) is 13.6 Å². The largest absolute Gasteiger partial charge is 0.490 e. The van der Waals surface area contributed by atoms with Crippen molar-refractivity contribution in [3.8, 4) is 0 Å². The number of alkyl halides is 6. The van der Waals surface area contributed by atoms with Gasteiger partial charge in [0.15, 0.2) is 0 Å². The van der Waals surface area contributed by atoms with Gasteiger partial charge in [-0.05, 0) is 33.9 Å². The molecule has 0 amide bonds.